The molecular formula is C20H30ClN3O3Si. The van der Waals surface area contributed by atoms with Crippen LogP contribution in [-0.4, -0.2) is 49.7 Å². The molecule has 2 amide bonds. The molecule has 28 heavy (non-hydrogen) atoms. The van der Waals surface area contributed by atoms with Gasteiger partial charge in [-0.15, -0.1) is 0 Å². The van der Waals surface area contributed by atoms with Crippen molar-refractivity contribution < 1.29 is 14.3 Å². The van der Waals surface area contributed by atoms with Crippen LogP contribution in [0.2, 0.25) is 23.2 Å². The van der Waals surface area contributed by atoms with Gasteiger partial charge < -0.3 is 19.7 Å². The zero-order valence-electron chi connectivity index (χ0n) is 17.5. The Bertz CT molecular complexity index is 786. The van der Waals surface area contributed by atoms with Crippen molar-refractivity contribution in [3.63, 3.8) is 0 Å². The maximum Gasteiger partial charge on any atom is 0.322 e. The van der Waals surface area contributed by atoms with Crippen molar-refractivity contribution in [3.8, 4) is 6.07 Å². The predicted molar refractivity (Wildman–Crippen MR) is 114 cm³/mol. The molecule has 2 N–H and O–H groups in total. The van der Waals surface area contributed by atoms with Crippen molar-refractivity contribution in [1.82, 2.24) is 4.90 Å². The molecule has 154 valence electrons. The van der Waals surface area contributed by atoms with Crippen LogP contribution in [-0.2, 0) is 4.43 Å². The number of hydrogen-bond acceptors (Lipinski definition) is 4. The molecule has 1 aromatic carbocycles. The van der Waals surface area contributed by atoms with Gasteiger partial charge in [0, 0.05) is 12.2 Å². The molecule has 1 aromatic rings. The Morgan fingerprint density at radius 1 is 1.46 bits per heavy atom. The lowest BCUT2D eigenvalue weighted by Gasteiger charge is -2.38. The molecule has 1 aliphatic heterocycles. The number of anilines is 1. The molecule has 8 heteroatoms. The molecule has 0 bridgehead atoms. The summed E-state index contributed by atoms with van der Waals surface area (Å²) in [5.74, 6) is 0. The van der Waals surface area contributed by atoms with Gasteiger partial charge in [0.05, 0.1) is 29.3 Å². The van der Waals surface area contributed by atoms with Gasteiger partial charge in [-0.3, -0.25) is 0 Å². The summed E-state index contributed by atoms with van der Waals surface area (Å²) in [5, 5.41) is 22.1. The summed E-state index contributed by atoms with van der Waals surface area (Å²) >= 11 is 6.19. The molecule has 0 spiro atoms. The quantitative estimate of drug-likeness (QED) is 0.697. The number of nitrogens with one attached hydrogen (secondary N) is 1. The fourth-order valence-electron chi connectivity index (χ4n) is 3.07. The van der Waals surface area contributed by atoms with E-state index in [-0.39, 0.29) is 29.8 Å². The van der Waals surface area contributed by atoms with E-state index in [0.29, 0.717) is 34.8 Å². The summed E-state index contributed by atoms with van der Waals surface area (Å²) < 4.78 is 6.45. The lowest BCUT2D eigenvalue weighted by atomic mass is 10.1. The number of benzene rings is 1. The van der Waals surface area contributed by atoms with Gasteiger partial charge in [-0.25, -0.2) is 4.79 Å². The minimum atomic E-state index is -1.97. The zero-order valence-corrected chi connectivity index (χ0v) is 19.2. The van der Waals surface area contributed by atoms with Crippen LogP contribution in [0, 0.1) is 18.3 Å². The Morgan fingerprint density at radius 2 is 2.11 bits per heavy atom. The molecule has 0 aromatic heterocycles. The first-order chi connectivity index (χ1) is 12.9. The summed E-state index contributed by atoms with van der Waals surface area (Å²) in [6, 6.07) is 4.69. The molecule has 0 aliphatic carbocycles. The van der Waals surface area contributed by atoms with E-state index in [9.17, 15) is 9.90 Å². The highest BCUT2D eigenvalue weighted by atomic mass is 35.5. The zero-order chi connectivity index (χ0) is 21.3. The second kappa shape index (κ2) is 8.42. The van der Waals surface area contributed by atoms with Crippen molar-refractivity contribution in [2.45, 2.75) is 64.4 Å². The van der Waals surface area contributed by atoms with Crippen LogP contribution in [0.25, 0.3) is 0 Å². The SMILES string of the molecule is Cc1c(NC(=O)N2C[C@H](O[Si](C)(C)C(C)(C)C)C[C@H]2CO)ccc(C#N)c1Cl. The summed E-state index contributed by atoms with van der Waals surface area (Å²) in [6.45, 7) is 13.0. The summed E-state index contributed by atoms with van der Waals surface area (Å²) in [4.78, 5) is 14.5. The van der Waals surface area contributed by atoms with Crippen LogP contribution >= 0.6 is 11.6 Å². The fraction of sp³-hybridized carbons (Fsp3) is 0.600. The highest BCUT2D eigenvalue weighted by Crippen LogP contribution is 2.39. The molecule has 1 saturated heterocycles. The second-order valence-corrected chi connectivity index (χ2v) is 14.0. The monoisotopic (exact) mass is 423 g/mol. The Morgan fingerprint density at radius 3 is 2.64 bits per heavy atom. The number of rotatable bonds is 4. The van der Waals surface area contributed by atoms with Crippen molar-refractivity contribution in [2.24, 2.45) is 0 Å². The van der Waals surface area contributed by atoms with Crippen LogP contribution in [0.1, 0.15) is 38.3 Å². The van der Waals surface area contributed by atoms with E-state index in [2.05, 4.69) is 39.2 Å². The maximum absolute atomic E-state index is 12.9. The van der Waals surface area contributed by atoms with Crippen LogP contribution in [0.5, 0.6) is 0 Å². The number of carbonyl (C=O) groups is 1. The van der Waals surface area contributed by atoms with E-state index in [1.165, 1.54) is 0 Å². The third-order valence-electron chi connectivity index (χ3n) is 5.86. The number of hydrogen-bond donors (Lipinski definition) is 2. The van der Waals surface area contributed by atoms with Crippen LogP contribution in [0.15, 0.2) is 12.1 Å². The van der Waals surface area contributed by atoms with E-state index in [4.69, 9.17) is 21.3 Å². The van der Waals surface area contributed by atoms with Gasteiger partial charge in [-0.2, -0.15) is 5.26 Å². The van der Waals surface area contributed by atoms with Gasteiger partial charge in [-0.05, 0) is 49.2 Å². The van der Waals surface area contributed by atoms with Crippen molar-refractivity contribution in [3.05, 3.63) is 28.3 Å². The van der Waals surface area contributed by atoms with E-state index < -0.39 is 8.32 Å². The summed E-state index contributed by atoms with van der Waals surface area (Å²) in [7, 11) is -1.97. The van der Waals surface area contributed by atoms with Gasteiger partial charge in [0.2, 0.25) is 0 Å². The Kier molecular flexibility index (Phi) is 6.82. The Hall–Kier alpha value is -1.59. The standard InChI is InChI=1S/C20H30ClN3O3Si/c1-13-17(8-7-14(10-22)18(13)21)23-19(26)24-11-16(9-15(24)12-25)27-28(5,6)20(2,3)4/h7-8,15-16,25H,9,11-12H2,1-6H3,(H,23,26)/t15-,16+/m0/s1. The first-order valence-electron chi connectivity index (χ1n) is 9.46. The second-order valence-electron chi connectivity index (χ2n) is 8.87. The Labute approximate surface area is 173 Å². The lowest BCUT2D eigenvalue weighted by Crippen LogP contribution is -2.45. The first-order valence-corrected chi connectivity index (χ1v) is 12.8. The van der Waals surface area contributed by atoms with E-state index >= 15 is 0 Å². The van der Waals surface area contributed by atoms with Gasteiger partial charge in [-0.1, -0.05) is 32.4 Å². The molecule has 0 unspecified atom stereocenters. The molecule has 6 nitrogen and oxygen atoms in total. The predicted octanol–water partition coefficient (Wildman–Crippen LogP) is 4.51. The number of aliphatic hydroxyl groups is 1. The molecule has 1 fully saturated rings. The molecule has 2 rings (SSSR count). The largest absolute Gasteiger partial charge is 0.412 e. The van der Waals surface area contributed by atoms with Gasteiger partial charge >= 0.3 is 6.03 Å². The molecule has 1 aliphatic rings. The molecule has 0 radical (unpaired) electrons. The fourth-order valence-corrected chi connectivity index (χ4v) is 4.63. The van der Waals surface area contributed by atoms with Gasteiger partial charge in [0.1, 0.15) is 6.07 Å². The highest BCUT2D eigenvalue weighted by molar-refractivity contribution is 6.74. The van der Waals surface area contributed by atoms with Crippen LogP contribution in [0.4, 0.5) is 10.5 Å². The number of halogens is 1. The molecule has 0 saturated carbocycles. The number of nitrogens with zero attached hydrogens (tertiary/aromatic N) is 2. The molecule has 1 heterocycles. The number of aliphatic hydroxyl groups excluding tert-OH is 1. The van der Waals surface area contributed by atoms with Gasteiger partial charge in [0.15, 0.2) is 8.32 Å². The minimum Gasteiger partial charge on any atom is -0.412 e. The van der Waals surface area contributed by atoms with Crippen molar-refractivity contribution >= 4 is 31.6 Å². The van der Waals surface area contributed by atoms with Crippen LogP contribution in [0.3, 0.4) is 0 Å². The highest BCUT2D eigenvalue weighted by Gasteiger charge is 2.43. The molecule has 2 atom stereocenters. The average Bonchev–Trinajstić information content (AvgIpc) is 3.00. The maximum atomic E-state index is 12.9. The third kappa shape index (κ3) is 4.69. The van der Waals surface area contributed by atoms with E-state index in [1.807, 2.05) is 6.07 Å². The topological polar surface area (TPSA) is 85.6 Å². The van der Waals surface area contributed by atoms with Gasteiger partial charge in [0.25, 0.3) is 0 Å². The number of carbonyl (C=O) groups excluding carboxylic acids is 1. The summed E-state index contributed by atoms with van der Waals surface area (Å²) in [5.41, 5.74) is 1.57. The van der Waals surface area contributed by atoms with E-state index in [0.717, 1.165) is 0 Å². The normalized spacial score (nSPS) is 20.2. The summed E-state index contributed by atoms with van der Waals surface area (Å²) in [6.07, 6.45) is 0.526. The molecular weight excluding hydrogens is 394 g/mol. The van der Waals surface area contributed by atoms with Crippen LogP contribution < -0.4 is 5.32 Å². The average molecular weight is 424 g/mol. The smallest absolute Gasteiger partial charge is 0.322 e. The number of nitriles is 1. The first kappa shape index (κ1) is 22.7. The number of amides is 2. The number of urea groups is 1. The lowest BCUT2D eigenvalue weighted by molar-refractivity contribution is 0.165. The van der Waals surface area contributed by atoms with Crippen molar-refractivity contribution in [2.75, 3.05) is 18.5 Å². The minimum absolute atomic E-state index is 0.0771. The van der Waals surface area contributed by atoms with Crippen molar-refractivity contribution in [1.29, 1.82) is 5.26 Å². The number of likely N-dealkylation sites (tertiary alicyclic amines) is 1. The third-order valence-corrected chi connectivity index (χ3v) is 10.9. The van der Waals surface area contributed by atoms with E-state index in [1.54, 1.807) is 24.0 Å². The Balaban J connectivity index is 2.13.